The van der Waals surface area contributed by atoms with Gasteiger partial charge in [-0.25, -0.2) is 4.79 Å². The average Bonchev–Trinajstić information content (AvgIpc) is 3.48. The summed E-state index contributed by atoms with van der Waals surface area (Å²) in [6.45, 7) is 2.50. The third-order valence-corrected chi connectivity index (χ3v) is 7.33. The Hall–Kier alpha value is -5.11. The molecule has 47 heavy (non-hydrogen) atoms. The lowest BCUT2D eigenvalue weighted by atomic mass is 10.1. The van der Waals surface area contributed by atoms with Crippen LogP contribution in [0.5, 0.6) is 0 Å². The number of aliphatic carboxylic acids is 3. The molecule has 12 N–H and O–H groups in total. The molecule has 0 aliphatic rings. The number of carboxylic acids is 3. The number of carbonyl (C=O) groups excluding carboxylic acids is 6. The molecule has 0 unspecified atom stereocenters. The van der Waals surface area contributed by atoms with Crippen molar-refractivity contribution < 1.29 is 58.5 Å². The molecule has 6 amide bonds. The maximum atomic E-state index is 13.0. The number of nitrogens with one attached hydrogen (secondary N) is 5. The number of carbonyl (C=O) groups is 9. The highest BCUT2D eigenvalue weighted by atomic mass is 32.1. The summed E-state index contributed by atoms with van der Waals surface area (Å²) in [5, 5.41) is 40.5. The van der Waals surface area contributed by atoms with E-state index < -0.39 is 109 Å². The summed E-state index contributed by atoms with van der Waals surface area (Å²) in [6, 6.07) is -5.05. The highest BCUT2D eigenvalue weighted by Crippen LogP contribution is 2.12. The monoisotopic (exact) mass is 685 g/mol. The smallest absolute Gasteiger partial charge is 0.326 e. The second kappa shape index (κ2) is 19.4. The molecule has 0 bridgehead atoms. The fourth-order valence-electron chi connectivity index (χ4n) is 3.83. The number of hydrogen-bond donors (Lipinski definition) is 10. The third-order valence-electron chi connectivity index (χ3n) is 6.43. The molecule has 20 heteroatoms. The first-order chi connectivity index (χ1) is 21.9. The van der Waals surface area contributed by atoms with Crippen LogP contribution in [-0.4, -0.2) is 105 Å². The van der Waals surface area contributed by atoms with Crippen molar-refractivity contribution in [1.82, 2.24) is 26.6 Å². The van der Waals surface area contributed by atoms with E-state index in [0.717, 1.165) is 0 Å². The zero-order valence-electron chi connectivity index (χ0n) is 25.5. The van der Waals surface area contributed by atoms with Gasteiger partial charge in [-0.05, 0) is 38.1 Å². The number of carboxylic acid groups (broad SMARTS) is 3. The molecule has 1 heterocycles. The van der Waals surface area contributed by atoms with Crippen molar-refractivity contribution >= 4 is 64.7 Å². The molecule has 0 aromatic carbocycles. The second-order valence-corrected chi connectivity index (χ2v) is 11.4. The van der Waals surface area contributed by atoms with E-state index in [1.807, 2.05) is 0 Å². The van der Waals surface area contributed by atoms with Gasteiger partial charge < -0.3 is 53.4 Å². The summed E-state index contributed by atoms with van der Waals surface area (Å²) in [4.78, 5) is 109. The summed E-state index contributed by atoms with van der Waals surface area (Å²) in [5.74, 6) is -9.52. The van der Waals surface area contributed by atoms with E-state index in [1.165, 1.54) is 25.2 Å². The molecule has 0 radical (unpaired) electrons. The lowest BCUT2D eigenvalue weighted by molar-refractivity contribution is -0.142. The van der Waals surface area contributed by atoms with Gasteiger partial charge in [0, 0.05) is 24.1 Å². The molecule has 0 fully saturated rings. The normalized spacial score (nSPS) is 14.5. The topological polar surface area (TPSA) is 327 Å². The molecule has 0 saturated carbocycles. The number of thiophene rings is 1. The number of primary amides is 1. The summed E-state index contributed by atoms with van der Waals surface area (Å²) in [7, 11) is 0. The van der Waals surface area contributed by atoms with Crippen LogP contribution >= 0.6 is 11.3 Å². The molecule has 260 valence electrons. The highest BCUT2D eigenvalue weighted by molar-refractivity contribution is 7.09. The van der Waals surface area contributed by atoms with E-state index in [1.54, 1.807) is 17.5 Å². The first-order valence-corrected chi connectivity index (χ1v) is 15.0. The predicted octanol–water partition coefficient (Wildman–Crippen LogP) is -3.23. The molecule has 1 rings (SSSR count). The first kappa shape index (κ1) is 39.9. The highest BCUT2D eigenvalue weighted by Gasteiger charge is 2.31. The number of hydrogen-bond acceptors (Lipinski definition) is 11. The Morgan fingerprint density at radius 1 is 0.702 bits per heavy atom. The second-order valence-electron chi connectivity index (χ2n) is 10.4. The van der Waals surface area contributed by atoms with Crippen LogP contribution in [0.2, 0.25) is 0 Å². The van der Waals surface area contributed by atoms with Crippen LogP contribution in [0.1, 0.15) is 50.8 Å². The summed E-state index contributed by atoms with van der Waals surface area (Å²) < 4.78 is 0. The Kier molecular flexibility index (Phi) is 16.5. The molecule has 0 aliphatic carbocycles. The standard InChI is InChI=1S/C27H39N7O12S/c1-12(31-25(43)16(6-8-20(36)37)32-24(42)15(28)11-21(38)39)22(40)30-13(2)23(41)34-18(10-14-4-3-9-47-14)26(44)33-17(27(45)46)5-7-19(29)35/h3-4,9,12-13,15-18H,5-8,10-11,28H2,1-2H3,(H2,29,35)(H,30,40)(H,31,43)(H,32,42)(H,33,44)(H,34,41)(H,36,37)(H,38,39)(H,45,46)/t12-,13-,15-,16-,17-,18-/m0/s1. The zero-order chi connectivity index (χ0) is 35.8. The van der Waals surface area contributed by atoms with Crippen LogP contribution < -0.4 is 38.1 Å². The summed E-state index contributed by atoms with van der Waals surface area (Å²) in [6.07, 6.45) is -2.39. The number of amides is 6. The van der Waals surface area contributed by atoms with E-state index in [0.29, 0.717) is 4.88 Å². The van der Waals surface area contributed by atoms with Gasteiger partial charge in [-0.2, -0.15) is 0 Å². The van der Waals surface area contributed by atoms with Crippen molar-refractivity contribution in [2.45, 2.75) is 88.6 Å². The molecule has 19 nitrogen and oxygen atoms in total. The fraction of sp³-hybridized carbons (Fsp3) is 0.519. The van der Waals surface area contributed by atoms with Gasteiger partial charge in [0.15, 0.2) is 0 Å². The minimum atomic E-state index is -1.54. The van der Waals surface area contributed by atoms with Crippen molar-refractivity contribution in [2.24, 2.45) is 11.5 Å². The van der Waals surface area contributed by atoms with Gasteiger partial charge in [0.05, 0.1) is 12.5 Å². The summed E-state index contributed by atoms with van der Waals surface area (Å²) in [5.41, 5.74) is 10.6. The lowest BCUT2D eigenvalue weighted by Gasteiger charge is -2.24. The molecule has 6 atom stereocenters. The van der Waals surface area contributed by atoms with E-state index in [9.17, 15) is 48.3 Å². The van der Waals surface area contributed by atoms with Gasteiger partial charge >= 0.3 is 17.9 Å². The lowest BCUT2D eigenvalue weighted by Crippen LogP contribution is -2.58. The number of nitrogens with two attached hydrogens (primary N) is 2. The van der Waals surface area contributed by atoms with E-state index in [2.05, 4.69) is 26.6 Å². The maximum Gasteiger partial charge on any atom is 0.326 e. The Bertz CT molecular complexity index is 1320. The maximum absolute atomic E-state index is 13.0. The van der Waals surface area contributed by atoms with Crippen molar-refractivity contribution in [3.8, 4) is 0 Å². The first-order valence-electron chi connectivity index (χ1n) is 14.2. The van der Waals surface area contributed by atoms with Crippen LogP contribution in [0.4, 0.5) is 0 Å². The average molecular weight is 686 g/mol. The van der Waals surface area contributed by atoms with E-state index in [4.69, 9.17) is 21.7 Å². The van der Waals surface area contributed by atoms with Crippen molar-refractivity contribution in [2.75, 3.05) is 0 Å². The van der Waals surface area contributed by atoms with Gasteiger partial charge in [0.25, 0.3) is 0 Å². The minimum absolute atomic E-state index is 0.0376. The SMILES string of the molecule is C[C@H](NC(=O)[C@H](C)NC(=O)[C@H](CCC(=O)O)NC(=O)[C@@H](N)CC(=O)O)C(=O)N[C@@H](Cc1cccs1)C(=O)N[C@@H](CCC(N)=O)C(=O)O. The van der Waals surface area contributed by atoms with Gasteiger partial charge in [-0.15, -0.1) is 11.3 Å². The van der Waals surface area contributed by atoms with Crippen LogP contribution in [0.25, 0.3) is 0 Å². The third kappa shape index (κ3) is 15.2. The molecule has 1 aromatic heterocycles. The van der Waals surface area contributed by atoms with Gasteiger partial charge in [0.2, 0.25) is 35.4 Å². The van der Waals surface area contributed by atoms with Crippen LogP contribution in [0.15, 0.2) is 17.5 Å². The largest absolute Gasteiger partial charge is 0.481 e. The quantitative estimate of drug-likeness (QED) is 0.0609. The minimum Gasteiger partial charge on any atom is -0.481 e. The summed E-state index contributed by atoms with van der Waals surface area (Å²) >= 11 is 1.27. The Balaban J connectivity index is 2.93. The molecular formula is C27H39N7O12S. The van der Waals surface area contributed by atoms with Gasteiger partial charge in [-0.3, -0.25) is 38.4 Å². The van der Waals surface area contributed by atoms with E-state index in [-0.39, 0.29) is 19.3 Å². The van der Waals surface area contributed by atoms with Crippen LogP contribution in [0, 0.1) is 0 Å². The fourth-order valence-corrected chi connectivity index (χ4v) is 4.58. The van der Waals surface area contributed by atoms with Crippen LogP contribution in [-0.2, 0) is 49.6 Å². The predicted molar refractivity (Wildman–Crippen MR) is 162 cm³/mol. The van der Waals surface area contributed by atoms with Crippen LogP contribution in [0.3, 0.4) is 0 Å². The molecule has 1 aromatic rings. The zero-order valence-corrected chi connectivity index (χ0v) is 26.3. The molecular weight excluding hydrogens is 646 g/mol. The number of rotatable bonds is 21. The Labute approximate surface area is 272 Å². The Morgan fingerprint density at radius 3 is 1.72 bits per heavy atom. The van der Waals surface area contributed by atoms with Crippen molar-refractivity contribution in [1.29, 1.82) is 0 Å². The molecule has 0 saturated heterocycles. The molecule has 0 spiro atoms. The van der Waals surface area contributed by atoms with Crippen molar-refractivity contribution in [3.63, 3.8) is 0 Å². The van der Waals surface area contributed by atoms with Gasteiger partial charge in [0.1, 0.15) is 30.2 Å². The van der Waals surface area contributed by atoms with Crippen molar-refractivity contribution in [3.05, 3.63) is 22.4 Å². The Morgan fingerprint density at radius 2 is 1.21 bits per heavy atom. The van der Waals surface area contributed by atoms with Gasteiger partial charge in [-0.1, -0.05) is 6.07 Å². The molecule has 0 aliphatic heterocycles. The van der Waals surface area contributed by atoms with E-state index >= 15 is 0 Å².